The van der Waals surface area contributed by atoms with Crippen LogP contribution in [0.4, 0.5) is 0 Å². The Bertz CT molecular complexity index is 456. The summed E-state index contributed by atoms with van der Waals surface area (Å²) in [6.45, 7) is 4.34. The van der Waals surface area contributed by atoms with E-state index in [1.54, 1.807) is 0 Å². The smallest absolute Gasteiger partial charge is 0.223 e. The zero-order valence-electron chi connectivity index (χ0n) is 13.1. The number of amides is 1. The summed E-state index contributed by atoms with van der Waals surface area (Å²) in [5, 5.41) is 12.6. The minimum Gasteiger partial charge on any atom is -0.394 e. The van der Waals surface area contributed by atoms with Crippen LogP contribution in [-0.4, -0.2) is 23.7 Å². The van der Waals surface area contributed by atoms with Crippen LogP contribution in [-0.2, 0) is 11.2 Å². The molecule has 1 aliphatic carbocycles. The van der Waals surface area contributed by atoms with Crippen molar-refractivity contribution < 1.29 is 9.90 Å². The molecular weight excluding hydrogens is 262 g/mol. The molecule has 2 N–H and O–H groups in total. The minimum atomic E-state index is -0.197. The highest BCUT2D eigenvalue weighted by Crippen LogP contribution is 2.40. The maximum atomic E-state index is 12.6. The molecule has 1 amide bonds. The molecular formula is C18H27NO2. The lowest BCUT2D eigenvalue weighted by molar-refractivity contribution is -0.131. The molecule has 116 valence electrons. The van der Waals surface area contributed by atoms with E-state index >= 15 is 0 Å². The molecule has 1 saturated carbocycles. The lowest BCUT2D eigenvalue weighted by Gasteiger charge is -2.38. The van der Waals surface area contributed by atoms with Crippen LogP contribution in [0, 0.1) is 11.3 Å². The number of hydrogen-bond acceptors (Lipinski definition) is 2. The normalized spacial score (nSPS) is 22.5. The lowest BCUT2D eigenvalue weighted by Crippen LogP contribution is -2.47. The fraction of sp³-hybridized carbons (Fsp3) is 0.611. The number of nitrogens with one attached hydrogen (secondary N) is 1. The summed E-state index contributed by atoms with van der Waals surface area (Å²) < 4.78 is 0. The summed E-state index contributed by atoms with van der Waals surface area (Å²) in [6.07, 6.45) is 5.08. The monoisotopic (exact) mass is 289 g/mol. The number of aliphatic hydroxyl groups is 1. The molecule has 3 heteroatoms. The average molecular weight is 289 g/mol. The molecule has 21 heavy (non-hydrogen) atoms. The van der Waals surface area contributed by atoms with Crippen LogP contribution in [0.1, 0.15) is 45.1 Å². The number of aliphatic hydroxyl groups excluding tert-OH is 1. The van der Waals surface area contributed by atoms with E-state index in [-0.39, 0.29) is 29.9 Å². The first-order valence-corrected chi connectivity index (χ1v) is 7.98. The molecule has 0 saturated heterocycles. The third-order valence-corrected chi connectivity index (χ3v) is 4.72. The number of benzene rings is 1. The van der Waals surface area contributed by atoms with Gasteiger partial charge in [-0.15, -0.1) is 0 Å². The fourth-order valence-electron chi connectivity index (χ4n) is 3.34. The first kappa shape index (κ1) is 16.0. The second kappa shape index (κ2) is 7.08. The van der Waals surface area contributed by atoms with Crippen molar-refractivity contribution in [1.29, 1.82) is 0 Å². The van der Waals surface area contributed by atoms with Gasteiger partial charge in [-0.1, -0.05) is 57.0 Å². The van der Waals surface area contributed by atoms with Crippen LogP contribution < -0.4 is 5.32 Å². The molecule has 0 bridgehead atoms. The van der Waals surface area contributed by atoms with Crippen molar-refractivity contribution in [3.05, 3.63) is 35.9 Å². The summed E-state index contributed by atoms with van der Waals surface area (Å²) >= 11 is 0. The van der Waals surface area contributed by atoms with Crippen LogP contribution >= 0.6 is 0 Å². The fourth-order valence-corrected chi connectivity index (χ4v) is 3.34. The molecule has 0 heterocycles. The SMILES string of the molecule is CC1(C)CCCCC1C(=O)N[C@H](CO)Cc1ccccc1. The third kappa shape index (κ3) is 4.31. The van der Waals surface area contributed by atoms with Gasteiger partial charge in [0.15, 0.2) is 0 Å². The predicted molar refractivity (Wildman–Crippen MR) is 84.9 cm³/mol. The summed E-state index contributed by atoms with van der Waals surface area (Å²) in [5.41, 5.74) is 1.20. The molecule has 1 fully saturated rings. The summed E-state index contributed by atoms with van der Waals surface area (Å²) in [5.74, 6) is 0.172. The van der Waals surface area contributed by atoms with E-state index in [2.05, 4.69) is 19.2 Å². The zero-order valence-corrected chi connectivity index (χ0v) is 13.1. The highest BCUT2D eigenvalue weighted by atomic mass is 16.3. The molecule has 1 unspecified atom stereocenters. The number of carbonyl (C=O) groups is 1. The van der Waals surface area contributed by atoms with Crippen molar-refractivity contribution in [1.82, 2.24) is 5.32 Å². The summed E-state index contributed by atoms with van der Waals surface area (Å²) in [4.78, 5) is 12.6. The van der Waals surface area contributed by atoms with Crippen LogP contribution in [0.15, 0.2) is 30.3 Å². The Morgan fingerprint density at radius 3 is 2.67 bits per heavy atom. The molecule has 1 aliphatic rings. The molecule has 0 spiro atoms. The van der Waals surface area contributed by atoms with E-state index in [9.17, 15) is 9.90 Å². The molecule has 0 aromatic heterocycles. The highest BCUT2D eigenvalue weighted by molar-refractivity contribution is 5.79. The first-order chi connectivity index (χ1) is 10.0. The van der Waals surface area contributed by atoms with Crippen LogP contribution in [0.3, 0.4) is 0 Å². The van der Waals surface area contributed by atoms with E-state index in [4.69, 9.17) is 0 Å². The average Bonchev–Trinajstić information content (AvgIpc) is 2.47. The van der Waals surface area contributed by atoms with Crippen molar-refractivity contribution >= 4 is 5.91 Å². The van der Waals surface area contributed by atoms with Gasteiger partial charge in [-0.05, 0) is 30.2 Å². The van der Waals surface area contributed by atoms with Gasteiger partial charge in [0.1, 0.15) is 0 Å². The first-order valence-electron chi connectivity index (χ1n) is 7.98. The van der Waals surface area contributed by atoms with E-state index < -0.39 is 0 Å². The van der Waals surface area contributed by atoms with Gasteiger partial charge in [0, 0.05) is 5.92 Å². The van der Waals surface area contributed by atoms with E-state index in [1.165, 1.54) is 6.42 Å². The molecule has 0 radical (unpaired) electrons. The van der Waals surface area contributed by atoms with Crippen LogP contribution in [0.5, 0.6) is 0 Å². The largest absolute Gasteiger partial charge is 0.394 e. The van der Waals surface area contributed by atoms with Gasteiger partial charge in [-0.2, -0.15) is 0 Å². The molecule has 2 rings (SSSR count). The Balaban J connectivity index is 1.96. The van der Waals surface area contributed by atoms with E-state index in [0.717, 1.165) is 24.8 Å². The minimum absolute atomic E-state index is 0.0201. The maximum absolute atomic E-state index is 12.6. The van der Waals surface area contributed by atoms with Crippen molar-refractivity contribution in [2.75, 3.05) is 6.61 Å². The predicted octanol–water partition coefficient (Wildman–Crippen LogP) is 2.92. The van der Waals surface area contributed by atoms with Crippen LogP contribution in [0.25, 0.3) is 0 Å². The number of hydrogen-bond donors (Lipinski definition) is 2. The highest BCUT2D eigenvalue weighted by Gasteiger charge is 2.37. The molecule has 0 aliphatic heterocycles. The second-order valence-corrected chi connectivity index (χ2v) is 6.86. The van der Waals surface area contributed by atoms with Crippen molar-refractivity contribution in [2.24, 2.45) is 11.3 Å². The standard InChI is InChI=1S/C18H27NO2/c1-18(2)11-7-6-10-16(18)17(21)19-15(13-20)12-14-8-4-3-5-9-14/h3-5,8-9,15-16,20H,6-7,10-13H2,1-2H3,(H,19,21)/t15-,16?/m0/s1. The molecule has 1 aromatic rings. The Labute approximate surface area is 127 Å². The van der Waals surface area contributed by atoms with Gasteiger partial charge in [0.05, 0.1) is 12.6 Å². The van der Waals surface area contributed by atoms with Gasteiger partial charge in [-0.25, -0.2) is 0 Å². The van der Waals surface area contributed by atoms with Gasteiger partial charge in [0.2, 0.25) is 5.91 Å². The van der Waals surface area contributed by atoms with E-state index in [1.807, 2.05) is 30.3 Å². The Kier molecular flexibility index (Phi) is 5.40. The molecule has 2 atom stereocenters. The Hall–Kier alpha value is -1.35. The maximum Gasteiger partial charge on any atom is 0.223 e. The van der Waals surface area contributed by atoms with Gasteiger partial charge in [0.25, 0.3) is 0 Å². The van der Waals surface area contributed by atoms with Gasteiger partial charge < -0.3 is 10.4 Å². The lowest BCUT2D eigenvalue weighted by atomic mass is 9.68. The zero-order chi connectivity index (χ0) is 15.3. The van der Waals surface area contributed by atoms with Crippen molar-refractivity contribution in [3.8, 4) is 0 Å². The third-order valence-electron chi connectivity index (χ3n) is 4.72. The number of rotatable bonds is 5. The second-order valence-electron chi connectivity index (χ2n) is 6.86. The van der Waals surface area contributed by atoms with Crippen molar-refractivity contribution in [2.45, 2.75) is 52.0 Å². The Morgan fingerprint density at radius 2 is 2.05 bits per heavy atom. The number of carbonyl (C=O) groups excluding carboxylic acids is 1. The summed E-state index contributed by atoms with van der Waals surface area (Å²) in [7, 11) is 0. The molecule has 1 aromatic carbocycles. The van der Waals surface area contributed by atoms with Crippen molar-refractivity contribution in [3.63, 3.8) is 0 Å². The quantitative estimate of drug-likeness (QED) is 0.875. The Morgan fingerprint density at radius 1 is 1.33 bits per heavy atom. The van der Waals surface area contributed by atoms with Crippen LogP contribution in [0.2, 0.25) is 0 Å². The topological polar surface area (TPSA) is 49.3 Å². The van der Waals surface area contributed by atoms with Gasteiger partial charge in [-0.3, -0.25) is 4.79 Å². The van der Waals surface area contributed by atoms with Gasteiger partial charge >= 0.3 is 0 Å². The van der Waals surface area contributed by atoms with E-state index in [0.29, 0.717) is 6.42 Å². The summed E-state index contributed by atoms with van der Waals surface area (Å²) in [6, 6.07) is 9.79. The molecule has 3 nitrogen and oxygen atoms in total.